The molecule has 1 saturated carbocycles. The van der Waals surface area contributed by atoms with E-state index in [2.05, 4.69) is 11.2 Å². The van der Waals surface area contributed by atoms with Gasteiger partial charge in [0.05, 0.1) is 42.5 Å². The fourth-order valence-electron chi connectivity index (χ4n) is 5.53. The number of carbonyl (C=O) groups is 3. The van der Waals surface area contributed by atoms with Gasteiger partial charge in [0, 0.05) is 37.8 Å². The quantitative estimate of drug-likeness (QED) is 0.533. The second kappa shape index (κ2) is 9.15. The Morgan fingerprint density at radius 1 is 1.13 bits per heavy atom. The Hall–Kier alpha value is -3.88. The first kappa shape index (κ1) is 25.8. The average Bonchev–Trinajstić information content (AvgIpc) is 3.41. The first-order chi connectivity index (χ1) is 18.0. The second-order valence-electron chi connectivity index (χ2n) is 10.3. The van der Waals surface area contributed by atoms with E-state index in [0.29, 0.717) is 17.7 Å². The highest BCUT2D eigenvalue weighted by molar-refractivity contribution is 5.95. The molecule has 0 bridgehead atoms. The molecule has 5 rings (SSSR count). The number of esters is 1. The van der Waals surface area contributed by atoms with Crippen molar-refractivity contribution in [2.45, 2.75) is 32.5 Å². The summed E-state index contributed by atoms with van der Waals surface area (Å²) in [5.41, 5.74) is -1.44. The summed E-state index contributed by atoms with van der Waals surface area (Å²) in [7, 11) is 0. The van der Waals surface area contributed by atoms with E-state index in [1.54, 1.807) is 42.1 Å². The van der Waals surface area contributed by atoms with Crippen LogP contribution in [0.1, 0.15) is 41.3 Å². The lowest BCUT2D eigenvalue weighted by Gasteiger charge is -2.51. The average molecular weight is 530 g/mol. The molecule has 2 aliphatic heterocycles. The maximum Gasteiger partial charge on any atom is 0.403 e. The van der Waals surface area contributed by atoms with Gasteiger partial charge in [0.1, 0.15) is 5.41 Å². The summed E-state index contributed by atoms with van der Waals surface area (Å²) in [5.74, 6) is -2.58. The Balaban J connectivity index is 1.29. The number of nitrogens with zero attached hydrogens (tertiary/aromatic N) is 5. The minimum absolute atomic E-state index is 0.0329. The fraction of sp³-hybridized carbons (Fsp3) is 0.500. The number of ether oxygens (including phenoxy) is 1. The molecule has 12 heteroatoms. The molecule has 1 unspecified atom stereocenters. The van der Waals surface area contributed by atoms with Crippen molar-refractivity contribution in [2.24, 2.45) is 16.7 Å². The van der Waals surface area contributed by atoms with Crippen molar-refractivity contribution < 1.29 is 32.3 Å². The Bertz CT molecular complexity index is 1300. The number of benzene rings is 1. The normalized spacial score (nSPS) is 21.1. The number of hydrogen-bond acceptors (Lipinski definition) is 6. The molecule has 1 spiro atoms. The number of nitriles is 1. The van der Waals surface area contributed by atoms with Gasteiger partial charge in [0.2, 0.25) is 5.91 Å². The molecule has 1 aromatic carbocycles. The van der Waals surface area contributed by atoms with Crippen LogP contribution in [0.2, 0.25) is 0 Å². The summed E-state index contributed by atoms with van der Waals surface area (Å²) in [4.78, 5) is 41.5. The van der Waals surface area contributed by atoms with Crippen LogP contribution in [0.3, 0.4) is 0 Å². The van der Waals surface area contributed by atoms with E-state index < -0.39 is 34.8 Å². The van der Waals surface area contributed by atoms with Crippen LogP contribution in [0.15, 0.2) is 36.7 Å². The summed E-state index contributed by atoms with van der Waals surface area (Å²) in [6.07, 6.45) is -2.05. The first-order valence-electron chi connectivity index (χ1n) is 12.4. The van der Waals surface area contributed by atoms with Crippen LogP contribution < -0.4 is 0 Å². The van der Waals surface area contributed by atoms with E-state index in [9.17, 15) is 27.6 Å². The molecule has 2 amide bonds. The number of alkyl halides is 3. The van der Waals surface area contributed by atoms with E-state index in [1.165, 1.54) is 11.1 Å². The van der Waals surface area contributed by atoms with Crippen molar-refractivity contribution in [3.8, 4) is 6.07 Å². The molecule has 38 heavy (non-hydrogen) atoms. The summed E-state index contributed by atoms with van der Waals surface area (Å²) in [5, 5.41) is 13.2. The number of hydrogen-bond donors (Lipinski definition) is 0. The van der Waals surface area contributed by atoms with Crippen molar-refractivity contribution >= 4 is 17.8 Å². The lowest BCUT2D eigenvalue weighted by molar-refractivity contribution is -0.206. The predicted molar refractivity (Wildman–Crippen MR) is 125 cm³/mol. The van der Waals surface area contributed by atoms with E-state index >= 15 is 0 Å². The van der Waals surface area contributed by atoms with Crippen LogP contribution in [-0.4, -0.2) is 76.3 Å². The van der Waals surface area contributed by atoms with Gasteiger partial charge >= 0.3 is 12.1 Å². The number of amides is 2. The van der Waals surface area contributed by atoms with Crippen LogP contribution in [0.5, 0.6) is 0 Å². The van der Waals surface area contributed by atoms with Crippen molar-refractivity contribution in [1.82, 2.24) is 19.6 Å². The lowest BCUT2D eigenvalue weighted by atomic mass is 9.71. The topological polar surface area (TPSA) is 109 Å². The van der Waals surface area contributed by atoms with Gasteiger partial charge in [0.25, 0.3) is 5.91 Å². The van der Waals surface area contributed by atoms with Crippen LogP contribution in [0.4, 0.5) is 13.2 Å². The Morgan fingerprint density at radius 3 is 2.37 bits per heavy atom. The van der Waals surface area contributed by atoms with Crippen molar-refractivity contribution in [3.63, 3.8) is 0 Å². The maximum atomic E-state index is 13.5. The molecule has 200 valence electrons. The molecule has 3 heterocycles. The minimum atomic E-state index is -4.61. The van der Waals surface area contributed by atoms with Gasteiger partial charge in [-0.25, -0.2) is 0 Å². The predicted octanol–water partition coefficient (Wildman–Crippen LogP) is 2.61. The molecule has 1 aliphatic carbocycles. The number of halogens is 3. The van der Waals surface area contributed by atoms with Gasteiger partial charge in [-0.05, 0) is 37.5 Å². The van der Waals surface area contributed by atoms with Gasteiger partial charge in [-0.1, -0.05) is 12.1 Å². The smallest absolute Gasteiger partial charge is 0.403 e. The molecule has 9 nitrogen and oxygen atoms in total. The molecule has 1 atom stereocenters. The van der Waals surface area contributed by atoms with Gasteiger partial charge in [-0.3, -0.25) is 19.1 Å². The van der Waals surface area contributed by atoms with Gasteiger partial charge in [-0.2, -0.15) is 23.5 Å². The monoisotopic (exact) mass is 529 g/mol. The second-order valence-corrected chi connectivity index (χ2v) is 10.3. The van der Waals surface area contributed by atoms with Crippen molar-refractivity contribution in [1.29, 1.82) is 5.26 Å². The minimum Gasteiger partial charge on any atom is -0.466 e. The summed E-state index contributed by atoms with van der Waals surface area (Å²) in [6.45, 7) is 2.27. The zero-order valence-electron chi connectivity index (χ0n) is 20.7. The number of rotatable bonds is 6. The molecular weight excluding hydrogens is 503 g/mol. The highest BCUT2D eigenvalue weighted by Crippen LogP contribution is 2.60. The molecule has 3 aliphatic rings. The number of likely N-dealkylation sites (tertiary alicyclic amines) is 2. The lowest BCUT2D eigenvalue weighted by Crippen LogP contribution is -2.65. The first-order valence-corrected chi connectivity index (χ1v) is 12.4. The maximum absolute atomic E-state index is 13.5. The molecule has 1 aromatic heterocycles. The number of carbonyl (C=O) groups excluding carboxylic acids is 3. The Labute approximate surface area is 216 Å². The van der Waals surface area contributed by atoms with Crippen molar-refractivity contribution in [2.75, 3.05) is 32.8 Å². The Morgan fingerprint density at radius 2 is 1.79 bits per heavy atom. The molecular formula is C26H26F3N5O4. The highest BCUT2D eigenvalue weighted by atomic mass is 19.4. The highest BCUT2D eigenvalue weighted by Gasteiger charge is 2.71. The molecule has 3 fully saturated rings. The van der Waals surface area contributed by atoms with Gasteiger partial charge in [0.15, 0.2) is 0 Å². The summed E-state index contributed by atoms with van der Waals surface area (Å²) >= 11 is 0. The van der Waals surface area contributed by atoms with Crippen LogP contribution in [-0.2, 0) is 20.9 Å². The van der Waals surface area contributed by atoms with E-state index in [-0.39, 0.29) is 51.5 Å². The third kappa shape index (κ3) is 4.29. The van der Waals surface area contributed by atoms with E-state index in [1.807, 2.05) is 0 Å². The number of aromatic nitrogens is 2. The molecule has 2 saturated heterocycles. The third-order valence-electron chi connectivity index (χ3n) is 7.81. The molecule has 0 radical (unpaired) electrons. The van der Waals surface area contributed by atoms with Gasteiger partial charge < -0.3 is 14.5 Å². The van der Waals surface area contributed by atoms with Crippen LogP contribution in [0.25, 0.3) is 0 Å². The van der Waals surface area contributed by atoms with Gasteiger partial charge in [-0.15, -0.1) is 0 Å². The summed E-state index contributed by atoms with van der Waals surface area (Å²) < 4.78 is 47.2. The van der Waals surface area contributed by atoms with Crippen molar-refractivity contribution in [3.05, 3.63) is 53.3 Å². The SMILES string of the molecule is CCOC(=O)C1CN(C(=O)c2cnn(Cc3ccc(C#N)cc3)c2)CC12CN(C(=O)C1(C(F)(F)F)CC1)C2. The third-order valence-corrected chi connectivity index (χ3v) is 7.81. The largest absolute Gasteiger partial charge is 0.466 e. The zero-order valence-corrected chi connectivity index (χ0v) is 20.7. The van der Waals surface area contributed by atoms with E-state index in [0.717, 1.165) is 10.5 Å². The standard InChI is InChI=1S/C26H26F3N5O4/c1-2-38-22(36)20-13-32(14-24(20)15-33(16-24)23(37)25(7-8-25)26(27,28)29)21(35)19-10-31-34(12-19)11-18-5-3-17(9-30)4-6-18/h3-6,10,12,20H,2,7-8,11,13-16H2,1H3. The zero-order chi connectivity index (χ0) is 27.3. The molecule has 2 aromatic rings. The summed E-state index contributed by atoms with van der Waals surface area (Å²) in [6, 6.07) is 9.03. The van der Waals surface area contributed by atoms with Crippen LogP contribution in [0, 0.1) is 28.1 Å². The van der Waals surface area contributed by atoms with Crippen LogP contribution >= 0.6 is 0 Å². The molecule has 0 N–H and O–H groups in total. The van der Waals surface area contributed by atoms with E-state index in [4.69, 9.17) is 10.00 Å². The fourth-order valence-corrected chi connectivity index (χ4v) is 5.53. The Kier molecular flexibility index (Phi) is 6.20.